The molecule has 3 aromatic carbocycles. The zero-order valence-corrected chi connectivity index (χ0v) is 17.6. The van der Waals surface area contributed by atoms with Gasteiger partial charge in [0.2, 0.25) is 5.91 Å². The number of halogens is 1. The van der Waals surface area contributed by atoms with Crippen molar-refractivity contribution in [2.45, 2.75) is 12.5 Å². The van der Waals surface area contributed by atoms with Crippen molar-refractivity contribution in [3.05, 3.63) is 89.2 Å². The molecule has 1 saturated heterocycles. The largest absolute Gasteiger partial charge is 0.454 e. The van der Waals surface area contributed by atoms with E-state index < -0.39 is 5.82 Å². The molecular formula is C26H21FN2O4. The quantitative estimate of drug-likeness (QED) is 0.580. The Morgan fingerprint density at radius 2 is 1.88 bits per heavy atom. The van der Waals surface area contributed by atoms with E-state index in [1.54, 1.807) is 30.3 Å². The van der Waals surface area contributed by atoms with E-state index >= 15 is 0 Å². The lowest BCUT2D eigenvalue weighted by atomic mass is 10.0. The van der Waals surface area contributed by atoms with Crippen LogP contribution in [0.5, 0.6) is 11.5 Å². The van der Waals surface area contributed by atoms with Crippen LogP contribution >= 0.6 is 0 Å². The minimum absolute atomic E-state index is 0.0639. The minimum Gasteiger partial charge on any atom is -0.454 e. The Kier molecular flexibility index (Phi) is 5.62. The van der Waals surface area contributed by atoms with Crippen molar-refractivity contribution in [1.82, 2.24) is 5.32 Å². The molecule has 33 heavy (non-hydrogen) atoms. The first kappa shape index (κ1) is 20.9. The number of fused-ring (bicyclic) bond motifs is 1. The highest BCUT2D eigenvalue weighted by Gasteiger charge is 2.23. The maximum atomic E-state index is 14.7. The lowest BCUT2D eigenvalue weighted by Gasteiger charge is -2.23. The Bertz CT molecular complexity index is 1250. The molecule has 5 rings (SSSR count). The fraction of sp³-hybridized carbons (Fsp3) is 0.154. The van der Waals surface area contributed by atoms with Gasteiger partial charge in [0.05, 0.1) is 12.6 Å². The van der Waals surface area contributed by atoms with E-state index in [1.165, 1.54) is 6.07 Å². The van der Waals surface area contributed by atoms with Crippen molar-refractivity contribution >= 4 is 29.2 Å². The van der Waals surface area contributed by atoms with Crippen LogP contribution in [0.2, 0.25) is 0 Å². The molecule has 0 saturated carbocycles. The van der Waals surface area contributed by atoms with Gasteiger partial charge >= 0.3 is 0 Å². The summed E-state index contributed by atoms with van der Waals surface area (Å²) in [5, 5.41) is 5.70. The van der Waals surface area contributed by atoms with Crippen LogP contribution in [0.15, 0.2) is 66.7 Å². The van der Waals surface area contributed by atoms with Crippen LogP contribution in [0.1, 0.15) is 16.7 Å². The molecule has 2 amide bonds. The van der Waals surface area contributed by atoms with Gasteiger partial charge in [0, 0.05) is 16.8 Å². The van der Waals surface area contributed by atoms with Crippen molar-refractivity contribution < 1.29 is 23.5 Å². The van der Waals surface area contributed by atoms with Gasteiger partial charge in [0.1, 0.15) is 12.4 Å². The molecule has 7 heteroatoms. The van der Waals surface area contributed by atoms with Gasteiger partial charge in [-0.1, -0.05) is 36.4 Å². The third-order valence-corrected chi connectivity index (χ3v) is 5.53. The Balaban J connectivity index is 1.27. The van der Waals surface area contributed by atoms with E-state index in [-0.39, 0.29) is 30.2 Å². The number of morpholine rings is 1. The van der Waals surface area contributed by atoms with E-state index in [0.717, 1.165) is 16.8 Å². The van der Waals surface area contributed by atoms with Crippen LogP contribution in [-0.4, -0.2) is 31.1 Å². The fourth-order valence-corrected chi connectivity index (χ4v) is 3.96. The maximum Gasteiger partial charge on any atom is 0.256 e. The van der Waals surface area contributed by atoms with Gasteiger partial charge in [-0.05, 0) is 54.0 Å². The first-order chi connectivity index (χ1) is 16.0. The Morgan fingerprint density at radius 3 is 2.67 bits per heavy atom. The van der Waals surface area contributed by atoms with Gasteiger partial charge in [-0.3, -0.25) is 9.59 Å². The molecular weight excluding hydrogens is 423 g/mol. The molecule has 3 aromatic rings. The lowest BCUT2D eigenvalue weighted by Crippen LogP contribution is -2.46. The van der Waals surface area contributed by atoms with Crippen LogP contribution in [0.25, 0.3) is 11.6 Å². The fourth-order valence-electron chi connectivity index (χ4n) is 3.96. The first-order valence-corrected chi connectivity index (χ1v) is 10.6. The number of hydrogen-bond acceptors (Lipinski definition) is 4. The molecule has 1 unspecified atom stereocenters. The van der Waals surface area contributed by atoms with Crippen molar-refractivity contribution in [3.63, 3.8) is 0 Å². The summed E-state index contributed by atoms with van der Waals surface area (Å²) in [4.78, 5) is 23.7. The number of carbonyl (C=O) groups excluding carboxylic acids is 2. The molecule has 0 bridgehead atoms. The van der Waals surface area contributed by atoms with Crippen molar-refractivity contribution in [1.29, 1.82) is 0 Å². The van der Waals surface area contributed by atoms with Crippen molar-refractivity contribution in [2.75, 3.05) is 18.5 Å². The second kappa shape index (κ2) is 8.88. The summed E-state index contributed by atoms with van der Waals surface area (Å²) in [6.45, 7) is 0.580. The normalized spacial score (nSPS) is 18.6. The highest BCUT2D eigenvalue weighted by molar-refractivity contribution is 6.34. The second-order valence-electron chi connectivity index (χ2n) is 7.98. The van der Waals surface area contributed by atoms with Crippen LogP contribution in [0.4, 0.5) is 10.1 Å². The second-order valence-corrected chi connectivity index (χ2v) is 7.98. The Labute approximate surface area is 190 Å². The molecule has 1 atom stereocenters. The number of rotatable bonds is 5. The topological polar surface area (TPSA) is 76.7 Å². The molecule has 2 N–H and O–H groups in total. The van der Waals surface area contributed by atoms with E-state index in [9.17, 15) is 14.0 Å². The summed E-state index contributed by atoms with van der Waals surface area (Å²) in [5.74, 6) is -0.261. The van der Waals surface area contributed by atoms with Crippen LogP contribution in [-0.2, 0) is 20.7 Å². The molecule has 0 aliphatic carbocycles. The number of amides is 2. The van der Waals surface area contributed by atoms with E-state index in [1.807, 2.05) is 36.4 Å². The Hall–Kier alpha value is -3.97. The van der Waals surface area contributed by atoms with Gasteiger partial charge < -0.3 is 20.1 Å². The number of nitrogens with one attached hydrogen (secondary N) is 2. The van der Waals surface area contributed by atoms with Crippen LogP contribution in [0, 0.1) is 5.82 Å². The monoisotopic (exact) mass is 444 g/mol. The molecule has 166 valence electrons. The number of anilines is 1. The molecule has 2 aliphatic heterocycles. The van der Waals surface area contributed by atoms with Gasteiger partial charge in [-0.15, -0.1) is 0 Å². The van der Waals surface area contributed by atoms with Crippen molar-refractivity contribution in [3.8, 4) is 11.5 Å². The molecule has 1 fully saturated rings. The van der Waals surface area contributed by atoms with Crippen LogP contribution < -0.4 is 15.4 Å². The minimum atomic E-state index is -0.526. The predicted octanol–water partition coefficient (Wildman–Crippen LogP) is 4.17. The summed E-state index contributed by atoms with van der Waals surface area (Å²) in [7, 11) is 0. The molecule has 2 heterocycles. The van der Waals surface area contributed by atoms with Gasteiger partial charge in [-0.25, -0.2) is 4.39 Å². The van der Waals surface area contributed by atoms with Gasteiger partial charge in [0.15, 0.2) is 11.6 Å². The average molecular weight is 444 g/mol. The van der Waals surface area contributed by atoms with E-state index in [4.69, 9.17) is 9.47 Å². The van der Waals surface area contributed by atoms with E-state index in [0.29, 0.717) is 29.9 Å². The van der Waals surface area contributed by atoms with Gasteiger partial charge in [0.25, 0.3) is 5.91 Å². The first-order valence-electron chi connectivity index (χ1n) is 10.6. The summed E-state index contributed by atoms with van der Waals surface area (Å²) < 4.78 is 25.7. The zero-order valence-electron chi connectivity index (χ0n) is 17.6. The van der Waals surface area contributed by atoms with Crippen LogP contribution in [0.3, 0.4) is 0 Å². The van der Waals surface area contributed by atoms with E-state index in [2.05, 4.69) is 10.6 Å². The highest BCUT2D eigenvalue weighted by atomic mass is 19.1. The smallest absolute Gasteiger partial charge is 0.256 e. The average Bonchev–Trinajstić information content (AvgIpc) is 3.12. The predicted molar refractivity (Wildman–Crippen MR) is 122 cm³/mol. The lowest BCUT2D eigenvalue weighted by molar-refractivity contribution is -0.131. The number of benzene rings is 3. The summed E-state index contributed by atoms with van der Waals surface area (Å²) in [6.07, 6.45) is 2.30. The van der Waals surface area contributed by atoms with Gasteiger partial charge in [-0.2, -0.15) is 0 Å². The molecule has 0 radical (unpaired) electrons. The standard InChI is InChI=1S/C26H21FN2O4/c27-22-13-17(12-21-20-3-1-2-4-23(20)29-26(21)31)7-10-24(22)33-19-8-5-16(6-9-19)11-18-14-32-15-25(30)28-18/h1-10,12-13,18H,11,14-15H2,(H,28,30)(H,29,31). The molecule has 6 nitrogen and oxygen atoms in total. The summed E-state index contributed by atoms with van der Waals surface area (Å²) in [5.41, 5.74) is 3.61. The number of carbonyl (C=O) groups is 2. The third kappa shape index (κ3) is 4.63. The molecule has 0 spiro atoms. The third-order valence-electron chi connectivity index (χ3n) is 5.53. The molecule has 0 aromatic heterocycles. The number of hydrogen-bond donors (Lipinski definition) is 2. The molecule has 2 aliphatic rings. The number of para-hydroxylation sites is 1. The summed E-state index contributed by atoms with van der Waals surface area (Å²) in [6, 6.07) is 19.2. The SMILES string of the molecule is O=C1COCC(Cc2ccc(Oc3ccc(C=C4C(=O)Nc5ccccc54)cc3F)cc2)N1. The maximum absolute atomic E-state index is 14.7. The Morgan fingerprint density at radius 1 is 1.06 bits per heavy atom. The summed E-state index contributed by atoms with van der Waals surface area (Å²) >= 11 is 0. The highest BCUT2D eigenvalue weighted by Crippen LogP contribution is 2.33. The van der Waals surface area contributed by atoms with Crippen molar-refractivity contribution in [2.24, 2.45) is 0 Å². The zero-order chi connectivity index (χ0) is 22.8. The number of ether oxygens (including phenoxy) is 2.